The van der Waals surface area contributed by atoms with Crippen molar-refractivity contribution in [2.45, 2.75) is 32.1 Å². The second-order valence-corrected chi connectivity index (χ2v) is 1.91. The number of rotatable bonds is 0. The van der Waals surface area contributed by atoms with Gasteiger partial charge in [0.25, 0.3) is 0 Å². The maximum atomic E-state index is 8.57. The zero-order valence-corrected chi connectivity index (χ0v) is 5.15. The van der Waals surface area contributed by atoms with Gasteiger partial charge < -0.3 is 0 Å². The number of hydrogen-bond donors (Lipinski definition) is 0. The molecule has 0 saturated heterocycles. The van der Waals surface area contributed by atoms with Crippen molar-refractivity contribution >= 4 is 5.94 Å². The van der Waals surface area contributed by atoms with Crippen LogP contribution in [0.3, 0.4) is 0 Å². The van der Waals surface area contributed by atoms with Crippen molar-refractivity contribution in [1.29, 1.82) is 0 Å². The average molecular weight is 112 g/mol. The fourth-order valence-electron chi connectivity index (χ4n) is 0.884. The van der Waals surface area contributed by atoms with Gasteiger partial charge in [0.15, 0.2) is 0 Å². The van der Waals surface area contributed by atoms with Gasteiger partial charge in [-0.25, -0.2) is 4.79 Å². The Labute approximate surface area is 50.4 Å². The van der Waals surface area contributed by atoms with Crippen LogP contribution in [0.2, 0.25) is 0 Å². The zero-order valence-electron chi connectivity index (χ0n) is 5.15. The normalized spacial score (nSPS) is 16.0. The van der Waals surface area contributed by atoms with Crippen molar-refractivity contribution in [1.82, 2.24) is 0 Å². The molecule has 0 aromatic rings. The van der Waals surface area contributed by atoms with E-state index in [9.17, 15) is 0 Å². The minimum absolute atomic E-state index is 1.25. The first-order valence-corrected chi connectivity index (χ1v) is 3.06. The Kier molecular flexibility index (Phi) is 6.01. The monoisotopic (exact) mass is 112 g/mol. The van der Waals surface area contributed by atoms with E-state index >= 15 is 0 Å². The summed E-state index contributed by atoms with van der Waals surface area (Å²) in [6, 6.07) is 0. The first-order chi connectivity index (χ1) is 3.91. The lowest BCUT2D eigenvalue weighted by Crippen LogP contribution is -1.47. The molecule has 0 aromatic carbocycles. The van der Waals surface area contributed by atoms with E-state index < -0.39 is 0 Å². The van der Waals surface area contributed by atoms with Crippen LogP contribution in [-0.4, -0.2) is 5.94 Å². The molecule has 1 heteroatoms. The van der Waals surface area contributed by atoms with Gasteiger partial charge in [-0.2, -0.15) is 0 Å². The van der Waals surface area contributed by atoms with Crippen LogP contribution < -0.4 is 0 Å². The van der Waals surface area contributed by atoms with Crippen molar-refractivity contribution in [3.05, 3.63) is 6.58 Å². The van der Waals surface area contributed by atoms with Gasteiger partial charge in [-0.05, 0) is 6.58 Å². The van der Waals surface area contributed by atoms with Crippen LogP contribution in [-0.2, 0) is 4.79 Å². The Morgan fingerprint density at radius 2 is 1.12 bits per heavy atom. The molecule has 0 atom stereocenters. The molecule has 0 bridgehead atoms. The molecule has 0 amide bonds. The van der Waals surface area contributed by atoms with Crippen molar-refractivity contribution in [3.8, 4) is 0 Å². The molecule has 1 aliphatic rings. The first kappa shape index (κ1) is 7.45. The van der Waals surface area contributed by atoms with Gasteiger partial charge in [-0.3, -0.25) is 0 Å². The van der Waals surface area contributed by atoms with Crippen LogP contribution in [0.4, 0.5) is 0 Å². The van der Waals surface area contributed by atoms with Crippen LogP contribution >= 0.6 is 0 Å². The maximum Gasteiger partial charge on any atom is 0.116 e. The Morgan fingerprint density at radius 3 is 1.25 bits per heavy atom. The molecule has 46 valence electrons. The van der Waals surface area contributed by atoms with Crippen molar-refractivity contribution in [2.75, 3.05) is 0 Å². The quantitative estimate of drug-likeness (QED) is 0.438. The van der Waals surface area contributed by atoms with E-state index in [-0.39, 0.29) is 0 Å². The van der Waals surface area contributed by atoms with Crippen LogP contribution in [0.25, 0.3) is 0 Å². The summed E-state index contributed by atoms with van der Waals surface area (Å²) in [6.45, 7) is 2.68. The molecule has 0 aliphatic heterocycles. The van der Waals surface area contributed by atoms with Crippen LogP contribution in [0.5, 0.6) is 0 Å². The SMILES string of the molecule is C1CCCC1.C=C=O. The van der Waals surface area contributed by atoms with Gasteiger partial charge >= 0.3 is 0 Å². The van der Waals surface area contributed by atoms with E-state index in [0.717, 1.165) is 0 Å². The molecule has 0 spiro atoms. The van der Waals surface area contributed by atoms with Crippen molar-refractivity contribution in [2.24, 2.45) is 0 Å². The molecule has 0 unspecified atom stereocenters. The van der Waals surface area contributed by atoms with Gasteiger partial charge in [-0.15, -0.1) is 0 Å². The molecular formula is C7H12O. The Hall–Kier alpha value is -0.550. The van der Waals surface area contributed by atoms with E-state index in [1.54, 1.807) is 0 Å². The molecule has 1 aliphatic carbocycles. The van der Waals surface area contributed by atoms with E-state index in [1.165, 1.54) is 38.0 Å². The predicted octanol–water partition coefficient (Wildman–Crippen LogP) is 1.95. The van der Waals surface area contributed by atoms with Crippen molar-refractivity contribution in [3.63, 3.8) is 0 Å². The zero-order chi connectivity index (χ0) is 6.24. The minimum Gasteiger partial charge on any atom is -0.234 e. The second kappa shape index (κ2) is 6.45. The highest BCUT2D eigenvalue weighted by Crippen LogP contribution is 2.15. The summed E-state index contributed by atoms with van der Waals surface area (Å²) in [4.78, 5) is 8.57. The van der Waals surface area contributed by atoms with Crippen LogP contribution in [0.15, 0.2) is 6.58 Å². The van der Waals surface area contributed by atoms with Gasteiger partial charge in [0.05, 0.1) is 0 Å². The summed E-state index contributed by atoms with van der Waals surface area (Å²) in [6.07, 6.45) is 7.50. The summed E-state index contributed by atoms with van der Waals surface area (Å²) in [5, 5.41) is 0. The summed E-state index contributed by atoms with van der Waals surface area (Å²) < 4.78 is 0. The van der Waals surface area contributed by atoms with E-state index in [2.05, 4.69) is 6.58 Å². The van der Waals surface area contributed by atoms with Crippen molar-refractivity contribution < 1.29 is 4.79 Å². The second-order valence-electron chi connectivity index (χ2n) is 1.91. The lowest BCUT2D eigenvalue weighted by atomic mass is 10.4. The van der Waals surface area contributed by atoms with Gasteiger partial charge in [0.2, 0.25) is 0 Å². The summed E-state index contributed by atoms with van der Waals surface area (Å²) >= 11 is 0. The highest BCUT2D eigenvalue weighted by Gasteiger charge is 1.95. The molecule has 1 saturated carbocycles. The standard InChI is InChI=1S/C5H10.C2H2O/c1-2-4-5-3-1;1-2-3/h1-5H2;1H2. The smallest absolute Gasteiger partial charge is 0.116 e. The highest BCUT2D eigenvalue weighted by molar-refractivity contribution is 5.38. The average Bonchev–Trinajstić information content (AvgIpc) is 2.17. The minimum atomic E-state index is 1.25. The lowest BCUT2D eigenvalue weighted by Gasteiger charge is -1.67. The lowest BCUT2D eigenvalue weighted by molar-refractivity contribution is 0.569. The number of carbonyl (C=O) groups excluding carboxylic acids is 1. The molecule has 0 radical (unpaired) electrons. The molecule has 1 nitrogen and oxygen atoms in total. The van der Waals surface area contributed by atoms with E-state index in [4.69, 9.17) is 4.79 Å². The molecule has 0 aromatic heterocycles. The summed E-state index contributed by atoms with van der Waals surface area (Å²) in [5.74, 6) is 1.25. The Bertz CT molecular complexity index is 58.8. The third-order valence-corrected chi connectivity index (χ3v) is 1.25. The largest absolute Gasteiger partial charge is 0.234 e. The van der Waals surface area contributed by atoms with Crippen LogP contribution in [0, 0.1) is 0 Å². The molecule has 0 heterocycles. The van der Waals surface area contributed by atoms with Gasteiger partial charge in [0.1, 0.15) is 5.94 Å². The molecule has 1 fully saturated rings. The highest BCUT2D eigenvalue weighted by atomic mass is 16.1. The van der Waals surface area contributed by atoms with Gasteiger partial charge in [-0.1, -0.05) is 32.1 Å². The Balaban J connectivity index is 0.000000145. The topological polar surface area (TPSA) is 17.1 Å². The van der Waals surface area contributed by atoms with Crippen LogP contribution in [0.1, 0.15) is 32.1 Å². The number of hydrogen-bond acceptors (Lipinski definition) is 1. The van der Waals surface area contributed by atoms with E-state index in [0.29, 0.717) is 0 Å². The fraction of sp³-hybridized carbons (Fsp3) is 0.714. The predicted molar refractivity (Wildman–Crippen MR) is 34.4 cm³/mol. The molecule has 8 heavy (non-hydrogen) atoms. The third kappa shape index (κ3) is 5.45. The fourth-order valence-corrected chi connectivity index (χ4v) is 0.884. The molecule has 0 N–H and O–H groups in total. The maximum absolute atomic E-state index is 8.57. The Morgan fingerprint density at radius 1 is 1.00 bits per heavy atom. The van der Waals surface area contributed by atoms with E-state index in [1.807, 2.05) is 0 Å². The molecular weight excluding hydrogens is 100 g/mol. The summed E-state index contributed by atoms with van der Waals surface area (Å²) in [5.41, 5.74) is 0. The third-order valence-electron chi connectivity index (χ3n) is 1.25. The van der Waals surface area contributed by atoms with Gasteiger partial charge in [0, 0.05) is 0 Å². The summed E-state index contributed by atoms with van der Waals surface area (Å²) in [7, 11) is 0. The first-order valence-electron chi connectivity index (χ1n) is 3.06. The molecule has 1 rings (SSSR count).